The lowest BCUT2D eigenvalue weighted by Gasteiger charge is -2.26. The molecule has 35 heavy (non-hydrogen) atoms. The van der Waals surface area contributed by atoms with Crippen molar-refractivity contribution in [1.29, 1.82) is 0 Å². The molecule has 1 atom stereocenters. The summed E-state index contributed by atoms with van der Waals surface area (Å²) in [7, 11) is 0. The fourth-order valence-corrected chi connectivity index (χ4v) is 4.36. The van der Waals surface area contributed by atoms with Gasteiger partial charge in [-0.1, -0.05) is 62.7 Å². The van der Waals surface area contributed by atoms with Crippen LogP contribution in [-0.2, 0) is 9.59 Å². The first kappa shape index (κ1) is 24.3. The zero-order chi connectivity index (χ0) is 25.1. The number of benzene rings is 3. The van der Waals surface area contributed by atoms with Crippen molar-refractivity contribution < 1.29 is 19.4 Å². The van der Waals surface area contributed by atoms with Crippen molar-refractivity contribution in [1.82, 2.24) is 0 Å². The van der Waals surface area contributed by atoms with Crippen LogP contribution in [0.5, 0.6) is 5.75 Å². The number of Topliss-reactive ketones (excluding diaryl/α,β-unsaturated/α-hetero) is 1. The van der Waals surface area contributed by atoms with Crippen LogP contribution in [0.15, 0.2) is 78.4 Å². The summed E-state index contributed by atoms with van der Waals surface area (Å²) in [4.78, 5) is 28.1. The number of amides is 1. The van der Waals surface area contributed by atoms with E-state index in [0.29, 0.717) is 29.5 Å². The number of nitrogens with zero attached hydrogens (tertiary/aromatic N) is 1. The molecule has 1 aliphatic heterocycles. The molecule has 1 heterocycles. The number of carbonyl (C=O) groups excluding carboxylic acids is 2. The third-order valence-electron chi connectivity index (χ3n) is 6.24. The van der Waals surface area contributed by atoms with Crippen LogP contribution in [0.4, 0.5) is 5.69 Å². The van der Waals surface area contributed by atoms with Crippen molar-refractivity contribution in [2.75, 3.05) is 11.5 Å². The lowest BCUT2D eigenvalue weighted by Crippen LogP contribution is -2.29. The van der Waals surface area contributed by atoms with Crippen molar-refractivity contribution >= 4 is 23.1 Å². The molecule has 1 amide bonds. The summed E-state index contributed by atoms with van der Waals surface area (Å²) in [5, 5.41) is 11.3. The summed E-state index contributed by atoms with van der Waals surface area (Å²) < 4.78 is 5.63. The van der Waals surface area contributed by atoms with Gasteiger partial charge in [0.1, 0.15) is 11.5 Å². The maximum absolute atomic E-state index is 13.3. The van der Waals surface area contributed by atoms with E-state index in [1.54, 1.807) is 24.3 Å². The highest BCUT2D eigenvalue weighted by Crippen LogP contribution is 2.42. The van der Waals surface area contributed by atoms with E-state index < -0.39 is 17.7 Å². The number of hydrogen-bond acceptors (Lipinski definition) is 4. The first-order valence-electron chi connectivity index (χ1n) is 12.0. The molecule has 0 aliphatic carbocycles. The number of hydrogen-bond donors (Lipinski definition) is 1. The van der Waals surface area contributed by atoms with Gasteiger partial charge in [-0.15, -0.1) is 0 Å². The van der Waals surface area contributed by atoms with Gasteiger partial charge in [-0.25, -0.2) is 0 Å². The Labute approximate surface area is 206 Å². The number of aryl methyl sites for hydroxylation is 1. The van der Waals surface area contributed by atoms with Gasteiger partial charge in [-0.3, -0.25) is 14.5 Å². The maximum atomic E-state index is 13.3. The highest BCUT2D eigenvalue weighted by atomic mass is 16.5. The van der Waals surface area contributed by atoms with Gasteiger partial charge in [0.25, 0.3) is 11.7 Å². The number of carbonyl (C=O) groups is 2. The molecular weight excluding hydrogens is 438 g/mol. The number of anilines is 1. The Balaban J connectivity index is 1.83. The Morgan fingerprint density at radius 1 is 1.00 bits per heavy atom. The molecule has 1 fully saturated rings. The van der Waals surface area contributed by atoms with Gasteiger partial charge in [-0.2, -0.15) is 0 Å². The van der Waals surface area contributed by atoms with Gasteiger partial charge < -0.3 is 9.84 Å². The second-order valence-corrected chi connectivity index (χ2v) is 9.20. The Hall–Kier alpha value is -3.86. The van der Waals surface area contributed by atoms with Crippen molar-refractivity contribution in [3.63, 3.8) is 0 Å². The van der Waals surface area contributed by atoms with E-state index in [-0.39, 0.29) is 11.3 Å². The summed E-state index contributed by atoms with van der Waals surface area (Å²) in [6.07, 6.45) is 0.889. The molecule has 1 unspecified atom stereocenters. The maximum Gasteiger partial charge on any atom is 0.300 e. The molecule has 0 aromatic heterocycles. The molecule has 1 aliphatic rings. The molecule has 3 aromatic carbocycles. The molecule has 3 aromatic rings. The van der Waals surface area contributed by atoms with Crippen LogP contribution in [-0.4, -0.2) is 23.4 Å². The smallest absolute Gasteiger partial charge is 0.300 e. The Morgan fingerprint density at radius 3 is 2.29 bits per heavy atom. The fraction of sp³-hybridized carbons (Fsp3) is 0.267. The van der Waals surface area contributed by atoms with E-state index >= 15 is 0 Å². The van der Waals surface area contributed by atoms with Crippen molar-refractivity contribution in [3.8, 4) is 5.75 Å². The van der Waals surface area contributed by atoms with Crippen LogP contribution >= 0.6 is 0 Å². The second kappa shape index (κ2) is 10.2. The predicted octanol–water partition coefficient (Wildman–Crippen LogP) is 6.53. The van der Waals surface area contributed by atoms with Crippen LogP contribution in [0.3, 0.4) is 0 Å². The van der Waals surface area contributed by atoms with Crippen molar-refractivity contribution in [2.45, 2.75) is 46.1 Å². The Bertz CT molecular complexity index is 1260. The van der Waals surface area contributed by atoms with E-state index in [1.165, 1.54) is 4.90 Å². The molecule has 4 rings (SSSR count). The van der Waals surface area contributed by atoms with Gasteiger partial charge in [0.05, 0.1) is 18.2 Å². The van der Waals surface area contributed by atoms with Crippen LogP contribution in [0.1, 0.15) is 61.4 Å². The van der Waals surface area contributed by atoms with Gasteiger partial charge in [-0.05, 0) is 66.8 Å². The molecule has 0 radical (unpaired) electrons. The largest absolute Gasteiger partial charge is 0.507 e. The minimum absolute atomic E-state index is 0.0794. The average molecular weight is 470 g/mol. The van der Waals surface area contributed by atoms with Crippen LogP contribution in [0.25, 0.3) is 5.76 Å². The van der Waals surface area contributed by atoms with Crippen molar-refractivity contribution in [2.24, 2.45) is 0 Å². The highest BCUT2D eigenvalue weighted by molar-refractivity contribution is 6.51. The predicted molar refractivity (Wildman–Crippen MR) is 139 cm³/mol. The number of rotatable bonds is 7. The lowest BCUT2D eigenvalue weighted by molar-refractivity contribution is -0.132. The number of ether oxygens (including phenoxy) is 1. The van der Waals surface area contributed by atoms with Gasteiger partial charge >= 0.3 is 0 Å². The summed E-state index contributed by atoms with van der Waals surface area (Å²) in [6.45, 7) is 8.79. The molecule has 1 N–H and O–H groups in total. The fourth-order valence-electron chi connectivity index (χ4n) is 4.36. The summed E-state index contributed by atoms with van der Waals surface area (Å²) in [5.74, 6) is -0.523. The van der Waals surface area contributed by atoms with E-state index in [0.717, 1.165) is 23.1 Å². The molecule has 1 saturated heterocycles. The molecule has 5 heteroatoms. The normalized spacial score (nSPS) is 17.3. The molecular formula is C30H31NO4. The van der Waals surface area contributed by atoms with Crippen LogP contribution in [0, 0.1) is 6.92 Å². The quantitative estimate of drug-likeness (QED) is 0.243. The summed E-state index contributed by atoms with van der Waals surface area (Å²) >= 11 is 0. The van der Waals surface area contributed by atoms with E-state index in [1.807, 2.05) is 62.4 Å². The zero-order valence-electron chi connectivity index (χ0n) is 20.6. The number of aliphatic hydroxyl groups excluding tert-OH is 1. The first-order valence-corrected chi connectivity index (χ1v) is 12.0. The topological polar surface area (TPSA) is 66.8 Å². The van der Waals surface area contributed by atoms with Crippen molar-refractivity contribution in [3.05, 3.63) is 101 Å². The molecule has 5 nitrogen and oxygen atoms in total. The average Bonchev–Trinajstić information content (AvgIpc) is 3.13. The SMILES string of the molecule is CCCOc1ccc(/C(O)=C2/C(=O)C(=O)N(c3ccc(C(C)C)cc3)C2c2cccc(C)c2)cc1. The molecule has 180 valence electrons. The number of aliphatic hydroxyl groups is 1. The zero-order valence-corrected chi connectivity index (χ0v) is 20.6. The van der Waals surface area contributed by atoms with Gasteiger partial charge in [0.15, 0.2) is 0 Å². The van der Waals surface area contributed by atoms with E-state index in [9.17, 15) is 14.7 Å². The van der Waals surface area contributed by atoms with E-state index in [2.05, 4.69) is 13.8 Å². The number of ketones is 1. The second-order valence-electron chi connectivity index (χ2n) is 9.20. The molecule has 0 saturated carbocycles. The minimum atomic E-state index is -0.740. The standard InChI is InChI=1S/C30H31NO4/c1-5-17-35-25-15-11-22(12-16-25)28(32)26-27(23-8-6-7-20(4)18-23)31(30(34)29(26)33)24-13-9-21(10-14-24)19(2)3/h6-16,18-19,27,32H,5,17H2,1-4H3/b28-26-. The Morgan fingerprint density at radius 2 is 1.69 bits per heavy atom. The highest BCUT2D eigenvalue weighted by Gasteiger charge is 2.47. The first-order chi connectivity index (χ1) is 16.8. The minimum Gasteiger partial charge on any atom is -0.507 e. The Kier molecular flexibility index (Phi) is 7.06. The molecule has 0 spiro atoms. The van der Waals surface area contributed by atoms with Crippen LogP contribution in [0.2, 0.25) is 0 Å². The van der Waals surface area contributed by atoms with Gasteiger partial charge in [0, 0.05) is 11.3 Å². The van der Waals surface area contributed by atoms with Crippen LogP contribution < -0.4 is 9.64 Å². The van der Waals surface area contributed by atoms with Gasteiger partial charge in [0.2, 0.25) is 0 Å². The summed E-state index contributed by atoms with van der Waals surface area (Å²) in [5.41, 5.74) is 4.06. The monoisotopic (exact) mass is 469 g/mol. The summed E-state index contributed by atoms with van der Waals surface area (Å²) in [6, 6.07) is 21.5. The lowest BCUT2D eigenvalue weighted by atomic mass is 9.94. The third-order valence-corrected chi connectivity index (χ3v) is 6.24. The third kappa shape index (κ3) is 4.85. The van der Waals surface area contributed by atoms with E-state index in [4.69, 9.17) is 4.74 Å². The molecule has 0 bridgehead atoms.